The lowest BCUT2D eigenvalue weighted by Crippen LogP contribution is -2.31. The average molecular weight is 235 g/mol. The van der Waals surface area contributed by atoms with E-state index < -0.39 is 5.60 Å². The molecule has 0 unspecified atom stereocenters. The molecule has 17 heavy (non-hydrogen) atoms. The molecule has 1 saturated carbocycles. The number of aromatic nitrogens is 1. The highest BCUT2D eigenvalue weighted by atomic mass is 16.5. The molecule has 0 saturated heterocycles. The zero-order chi connectivity index (χ0) is 12.3. The zero-order valence-corrected chi connectivity index (χ0v) is 10.6. The van der Waals surface area contributed by atoms with Gasteiger partial charge in [-0.25, -0.2) is 0 Å². The van der Waals surface area contributed by atoms with Crippen LogP contribution in [0.3, 0.4) is 0 Å². The third-order valence-corrected chi connectivity index (χ3v) is 4.00. The van der Waals surface area contributed by atoms with Crippen LogP contribution in [0, 0.1) is 5.92 Å². The van der Waals surface area contributed by atoms with Crippen molar-refractivity contribution < 1.29 is 9.84 Å². The first-order chi connectivity index (χ1) is 8.18. The number of aliphatic hydroxyl groups is 1. The predicted molar refractivity (Wildman–Crippen MR) is 66.9 cm³/mol. The summed E-state index contributed by atoms with van der Waals surface area (Å²) in [6.07, 6.45) is 8.51. The summed E-state index contributed by atoms with van der Waals surface area (Å²) >= 11 is 0. The first kappa shape index (κ1) is 12.4. The van der Waals surface area contributed by atoms with E-state index in [9.17, 15) is 5.11 Å². The SMILES string of the molecule is CCC1CCC(O)(c2cncc(OC)c2)CC1. The fourth-order valence-electron chi connectivity index (χ4n) is 2.64. The Morgan fingerprint density at radius 2 is 2.12 bits per heavy atom. The molecule has 1 aromatic heterocycles. The Balaban J connectivity index is 2.15. The minimum atomic E-state index is -0.701. The van der Waals surface area contributed by atoms with Crippen molar-refractivity contribution in [3.8, 4) is 5.75 Å². The molecule has 0 aliphatic heterocycles. The van der Waals surface area contributed by atoms with E-state index in [1.807, 2.05) is 6.07 Å². The van der Waals surface area contributed by atoms with Gasteiger partial charge in [0.15, 0.2) is 0 Å². The highest BCUT2D eigenvalue weighted by Crippen LogP contribution is 2.40. The van der Waals surface area contributed by atoms with E-state index in [0.717, 1.165) is 37.2 Å². The van der Waals surface area contributed by atoms with Crippen LogP contribution < -0.4 is 4.74 Å². The molecular weight excluding hydrogens is 214 g/mol. The van der Waals surface area contributed by atoms with Gasteiger partial charge in [-0.3, -0.25) is 4.98 Å². The largest absolute Gasteiger partial charge is 0.495 e. The van der Waals surface area contributed by atoms with Gasteiger partial charge >= 0.3 is 0 Å². The molecule has 1 fully saturated rings. The highest BCUT2D eigenvalue weighted by molar-refractivity contribution is 5.28. The fraction of sp³-hybridized carbons (Fsp3) is 0.643. The molecule has 0 bridgehead atoms. The molecule has 2 rings (SSSR count). The fourth-order valence-corrected chi connectivity index (χ4v) is 2.64. The summed E-state index contributed by atoms with van der Waals surface area (Å²) in [4.78, 5) is 4.13. The molecule has 0 atom stereocenters. The minimum absolute atomic E-state index is 0.701. The predicted octanol–water partition coefficient (Wildman–Crippen LogP) is 2.88. The van der Waals surface area contributed by atoms with Crippen molar-refractivity contribution in [2.45, 2.75) is 44.6 Å². The lowest BCUT2D eigenvalue weighted by molar-refractivity contribution is -0.0150. The van der Waals surface area contributed by atoms with E-state index >= 15 is 0 Å². The van der Waals surface area contributed by atoms with Crippen molar-refractivity contribution in [2.75, 3.05) is 7.11 Å². The van der Waals surface area contributed by atoms with Crippen LogP contribution in [0.2, 0.25) is 0 Å². The zero-order valence-electron chi connectivity index (χ0n) is 10.6. The lowest BCUT2D eigenvalue weighted by Gasteiger charge is -2.36. The molecule has 3 heteroatoms. The molecule has 1 aromatic rings. The van der Waals surface area contributed by atoms with Crippen molar-refractivity contribution in [2.24, 2.45) is 5.92 Å². The molecule has 94 valence electrons. The summed E-state index contributed by atoms with van der Waals surface area (Å²) in [5.74, 6) is 1.49. The second kappa shape index (κ2) is 5.05. The van der Waals surface area contributed by atoms with Crippen molar-refractivity contribution in [3.63, 3.8) is 0 Å². The van der Waals surface area contributed by atoms with Crippen LogP contribution in [0.25, 0.3) is 0 Å². The van der Waals surface area contributed by atoms with Crippen LogP contribution in [-0.4, -0.2) is 17.2 Å². The smallest absolute Gasteiger partial charge is 0.137 e. The van der Waals surface area contributed by atoms with Gasteiger partial charge in [-0.05, 0) is 37.7 Å². The van der Waals surface area contributed by atoms with E-state index in [0.29, 0.717) is 5.75 Å². The quantitative estimate of drug-likeness (QED) is 0.876. The summed E-state index contributed by atoms with van der Waals surface area (Å²) in [5.41, 5.74) is 0.194. The molecule has 1 heterocycles. The Kier molecular flexibility index (Phi) is 3.67. The summed E-state index contributed by atoms with van der Waals surface area (Å²) in [6.45, 7) is 2.22. The van der Waals surface area contributed by atoms with Crippen molar-refractivity contribution in [3.05, 3.63) is 24.0 Å². The summed E-state index contributed by atoms with van der Waals surface area (Å²) in [7, 11) is 1.62. The maximum absolute atomic E-state index is 10.7. The van der Waals surface area contributed by atoms with Gasteiger partial charge in [0.1, 0.15) is 5.75 Å². The molecule has 0 aromatic carbocycles. The van der Waals surface area contributed by atoms with Crippen LogP contribution in [0.4, 0.5) is 0 Å². The van der Waals surface area contributed by atoms with Gasteiger partial charge in [0.2, 0.25) is 0 Å². The molecule has 1 N–H and O–H groups in total. The van der Waals surface area contributed by atoms with E-state index in [-0.39, 0.29) is 0 Å². The maximum Gasteiger partial charge on any atom is 0.137 e. The van der Waals surface area contributed by atoms with Crippen LogP contribution in [-0.2, 0) is 5.60 Å². The Labute approximate surface area is 103 Å². The number of hydrogen-bond acceptors (Lipinski definition) is 3. The highest BCUT2D eigenvalue weighted by Gasteiger charge is 2.34. The second-order valence-electron chi connectivity index (χ2n) is 5.00. The van der Waals surface area contributed by atoms with Gasteiger partial charge in [-0.1, -0.05) is 13.3 Å². The van der Waals surface area contributed by atoms with E-state index in [2.05, 4.69) is 11.9 Å². The minimum Gasteiger partial charge on any atom is -0.495 e. The topological polar surface area (TPSA) is 42.4 Å². The second-order valence-corrected chi connectivity index (χ2v) is 5.00. The standard InChI is InChI=1S/C14H21NO2/c1-3-11-4-6-14(16,7-5-11)12-8-13(17-2)10-15-9-12/h8-11,16H,3-7H2,1-2H3. The number of nitrogens with zero attached hydrogens (tertiary/aromatic N) is 1. The van der Waals surface area contributed by atoms with Gasteiger partial charge in [-0.2, -0.15) is 0 Å². The van der Waals surface area contributed by atoms with Crippen LogP contribution >= 0.6 is 0 Å². The van der Waals surface area contributed by atoms with Gasteiger partial charge in [0.25, 0.3) is 0 Å². The van der Waals surface area contributed by atoms with Gasteiger partial charge in [0.05, 0.1) is 18.9 Å². The van der Waals surface area contributed by atoms with E-state index in [1.54, 1.807) is 19.5 Å². The number of hydrogen-bond donors (Lipinski definition) is 1. The van der Waals surface area contributed by atoms with Gasteiger partial charge < -0.3 is 9.84 Å². The van der Waals surface area contributed by atoms with E-state index in [4.69, 9.17) is 4.74 Å². The average Bonchev–Trinajstić information content (AvgIpc) is 2.40. The summed E-state index contributed by atoms with van der Waals surface area (Å²) < 4.78 is 5.16. The van der Waals surface area contributed by atoms with E-state index in [1.165, 1.54) is 6.42 Å². The summed E-state index contributed by atoms with van der Waals surface area (Å²) in [5, 5.41) is 10.7. The summed E-state index contributed by atoms with van der Waals surface area (Å²) in [6, 6.07) is 1.90. The normalized spacial score (nSPS) is 29.0. The molecular formula is C14H21NO2. The number of ether oxygens (including phenoxy) is 1. The molecule has 1 aliphatic rings. The first-order valence-corrected chi connectivity index (χ1v) is 6.40. The van der Waals surface area contributed by atoms with Crippen molar-refractivity contribution in [1.29, 1.82) is 0 Å². The van der Waals surface area contributed by atoms with Crippen LogP contribution in [0.1, 0.15) is 44.6 Å². The van der Waals surface area contributed by atoms with Crippen molar-refractivity contribution >= 4 is 0 Å². The third-order valence-electron chi connectivity index (χ3n) is 4.00. The lowest BCUT2D eigenvalue weighted by atomic mass is 9.75. The van der Waals surface area contributed by atoms with Crippen LogP contribution in [0.15, 0.2) is 18.5 Å². The Hall–Kier alpha value is -1.09. The number of rotatable bonds is 3. The van der Waals surface area contributed by atoms with Crippen molar-refractivity contribution in [1.82, 2.24) is 4.98 Å². The monoisotopic (exact) mass is 235 g/mol. The Morgan fingerprint density at radius 1 is 1.41 bits per heavy atom. The number of methoxy groups -OCH3 is 1. The molecule has 3 nitrogen and oxygen atoms in total. The molecule has 0 radical (unpaired) electrons. The van der Waals surface area contributed by atoms with Gasteiger partial charge in [-0.15, -0.1) is 0 Å². The maximum atomic E-state index is 10.7. The van der Waals surface area contributed by atoms with Gasteiger partial charge in [0, 0.05) is 11.8 Å². The Bertz CT molecular complexity index is 370. The third kappa shape index (κ3) is 2.60. The van der Waals surface area contributed by atoms with Crippen LogP contribution in [0.5, 0.6) is 5.75 Å². The first-order valence-electron chi connectivity index (χ1n) is 6.40. The molecule has 0 amide bonds. The number of pyridine rings is 1. The molecule has 0 spiro atoms. The Morgan fingerprint density at radius 3 is 2.71 bits per heavy atom. The molecule has 1 aliphatic carbocycles.